The second-order valence-corrected chi connectivity index (χ2v) is 18.2. The van der Waals surface area contributed by atoms with Crippen LogP contribution in [0.15, 0.2) is 0 Å². The van der Waals surface area contributed by atoms with Crippen LogP contribution in [-0.2, 0) is 0 Å². The summed E-state index contributed by atoms with van der Waals surface area (Å²) >= 11 is 0. The van der Waals surface area contributed by atoms with Gasteiger partial charge in [-0.1, -0.05) is 64.2 Å². The Labute approximate surface area is 259 Å². The molecule has 42 heavy (non-hydrogen) atoms. The quantitative estimate of drug-likeness (QED) is 0.295. The highest BCUT2D eigenvalue weighted by molar-refractivity contribution is 5.07. The minimum atomic E-state index is -0.372. The second-order valence-electron chi connectivity index (χ2n) is 18.2. The Morgan fingerprint density at radius 3 is 1.24 bits per heavy atom. The third-order valence-electron chi connectivity index (χ3n) is 16.6. The van der Waals surface area contributed by atoms with Gasteiger partial charge in [-0.05, 0) is 174 Å². The summed E-state index contributed by atoms with van der Waals surface area (Å²) in [6.07, 6.45) is 35.1. The van der Waals surface area contributed by atoms with Gasteiger partial charge in [0.25, 0.3) is 0 Å². The van der Waals surface area contributed by atoms with E-state index in [2.05, 4.69) is 0 Å². The minimum Gasteiger partial charge on any atom is -0.390 e. The van der Waals surface area contributed by atoms with Gasteiger partial charge in [0.05, 0.1) is 11.2 Å². The number of unbranched alkanes of at least 4 members (excludes halogenated alkanes) is 3. The van der Waals surface area contributed by atoms with Gasteiger partial charge in [0.2, 0.25) is 0 Å². The van der Waals surface area contributed by atoms with Crippen LogP contribution in [0, 0.1) is 71.0 Å². The van der Waals surface area contributed by atoms with Crippen molar-refractivity contribution in [3.63, 3.8) is 0 Å². The molecule has 0 aromatic rings. The van der Waals surface area contributed by atoms with Crippen molar-refractivity contribution >= 4 is 0 Å². The molecule has 8 fully saturated rings. The zero-order chi connectivity index (χ0) is 28.3. The van der Waals surface area contributed by atoms with E-state index in [1.807, 2.05) is 0 Å². The zero-order valence-corrected chi connectivity index (χ0v) is 27.2. The molecule has 0 spiro atoms. The summed E-state index contributed by atoms with van der Waals surface area (Å²) in [5, 5.41) is 24.6. The van der Waals surface area contributed by atoms with Gasteiger partial charge in [-0.3, -0.25) is 0 Å². The van der Waals surface area contributed by atoms with E-state index in [0.717, 1.165) is 84.9 Å². The van der Waals surface area contributed by atoms with Crippen LogP contribution < -0.4 is 0 Å². The molecule has 8 aliphatic rings. The Morgan fingerprint density at radius 2 is 0.762 bits per heavy atom. The Hall–Kier alpha value is -0.0800. The lowest BCUT2D eigenvalue weighted by atomic mass is 9.50. The van der Waals surface area contributed by atoms with E-state index < -0.39 is 0 Å². The van der Waals surface area contributed by atoms with Gasteiger partial charge in [0.1, 0.15) is 0 Å². The Morgan fingerprint density at radius 1 is 0.357 bits per heavy atom. The van der Waals surface area contributed by atoms with E-state index in [0.29, 0.717) is 11.8 Å². The van der Waals surface area contributed by atoms with E-state index >= 15 is 0 Å². The summed E-state index contributed by atoms with van der Waals surface area (Å²) < 4.78 is 0. The molecule has 0 aromatic carbocycles. The van der Waals surface area contributed by atoms with Gasteiger partial charge in [0.15, 0.2) is 0 Å². The summed E-state index contributed by atoms with van der Waals surface area (Å²) in [6, 6.07) is 0. The molecule has 2 nitrogen and oxygen atoms in total. The van der Waals surface area contributed by atoms with Gasteiger partial charge in [-0.25, -0.2) is 0 Å². The molecule has 0 amide bonds. The summed E-state index contributed by atoms with van der Waals surface area (Å²) in [5.74, 6) is 10.5. The lowest BCUT2D eigenvalue weighted by molar-refractivity contribution is -0.150. The lowest BCUT2D eigenvalue weighted by Crippen LogP contribution is -2.55. The topological polar surface area (TPSA) is 40.5 Å². The molecule has 8 saturated carbocycles. The van der Waals surface area contributed by atoms with Crippen molar-refractivity contribution < 1.29 is 10.2 Å². The second kappa shape index (κ2) is 11.9. The lowest BCUT2D eigenvalue weighted by Gasteiger charge is -2.57. The van der Waals surface area contributed by atoms with Crippen molar-refractivity contribution in [3.05, 3.63) is 0 Å². The fourth-order valence-corrected chi connectivity index (χ4v) is 15.3. The van der Waals surface area contributed by atoms with Gasteiger partial charge in [-0.15, -0.1) is 0 Å². The number of fused-ring (bicyclic) bond motifs is 10. The third kappa shape index (κ3) is 5.10. The summed E-state index contributed by atoms with van der Waals surface area (Å²) in [5.41, 5.74) is -0.745. The predicted octanol–water partition coefficient (Wildman–Crippen LogP) is 10.1. The van der Waals surface area contributed by atoms with Gasteiger partial charge in [0, 0.05) is 0 Å². The molecule has 0 aromatic heterocycles. The van der Waals surface area contributed by atoms with Crippen molar-refractivity contribution in [2.75, 3.05) is 0 Å². The molecule has 4 unspecified atom stereocenters. The Kier molecular flexibility index (Phi) is 8.33. The largest absolute Gasteiger partial charge is 0.390 e. The van der Waals surface area contributed by atoms with Crippen LogP contribution in [-0.4, -0.2) is 21.4 Å². The minimum absolute atomic E-state index is 0.372. The van der Waals surface area contributed by atoms with E-state index in [9.17, 15) is 10.2 Å². The number of hydrogen-bond acceptors (Lipinski definition) is 2. The molecule has 238 valence electrons. The standard InChI is InChI=1S/C40H66O2/c41-39(25-7-11-29-17-19-33-31-13-5-9-27(31)15-21-35(33)37(29)39)23-3-1-2-4-24-40(42)26-8-12-30-18-20-34-32-14-6-10-28(32)16-22-36(34)38(30)40/h27-38,41-42H,1-26H2/t27-,28-,29?,30?,31+,32+,33-,34-,35+,36+,37-,38-,39?,40?/m0/s1. The molecule has 0 saturated heterocycles. The van der Waals surface area contributed by atoms with E-state index in [-0.39, 0.29) is 11.2 Å². The molecule has 8 aliphatic carbocycles. The highest BCUT2D eigenvalue weighted by Crippen LogP contribution is 2.62. The van der Waals surface area contributed by atoms with Gasteiger partial charge in [-0.2, -0.15) is 0 Å². The molecular weight excluding hydrogens is 512 g/mol. The smallest absolute Gasteiger partial charge is 0.0681 e. The first-order valence-electron chi connectivity index (χ1n) is 20.0. The van der Waals surface area contributed by atoms with Crippen LogP contribution in [0.1, 0.15) is 167 Å². The van der Waals surface area contributed by atoms with Crippen molar-refractivity contribution in [1.82, 2.24) is 0 Å². The van der Waals surface area contributed by atoms with Crippen molar-refractivity contribution in [1.29, 1.82) is 0 Å². The molecule has 2 N–H and O–H groups in total. The van der Waals surface area contributed by atoms with Crippen molar-refractivity contribution in [2.24, 2.45) is 71.0 Å². The van der Waals surface area contributed by atoms with E-state index in [4.69, 9.17) is 0 Å². The fraction of sp³-hybridized carbons (Fsp3) is 1.00. The molecule has 14 atom stereocenters. The number of hydrogen-bond donors (Lipinski definition) is 2. The molecule has 0 bridgehead atoms. The molecule has 2 heteroatoms. The maximum atomic E-state index is 12.3. The van der Waals surface area contributed by atoms with Gasteiger partial charge < -0.3 is 10.2 Å². The third-order valence-corrected chi connectivity index (χ3v) is 16.6. The van der Waals surface area contributed by atoms with Crippen molar-refractivity contribution in [2.45, 2.75) is 178 Å². The van der Waals surface area contributed by atoms with Crippen LogP contribution in [0.3, 0.4) is 0 Å². The maximum Gasteiger partial charge on any atom is 0.0681 e. The average molecular weight is 579 g/mol. The number of rotatable bonds is 7. The molecule has 8 rings (SSSR count). The first-order chi connectivity index (χ1) is 20.5. The van der Waals surface area contributed by atoms with Crippen LogP contribution in [0.4, 0.5) is 0 Å². The molecule has 0 radical (unpaired) electrons. The summed E-state index contributed by atoms with van der Waals surface area (Å²) in [7, 11) is 0. The monoisotopic (exact) mass is 579 g/mol. The normalized spacial score (nSPS) is 53.3. The number of aliphatic hydroxyl groups is 2. The fourth-order valence-electron chi connectivity index (χ4n) is 15.3. The summed E-state index contributed by atoms with van der Waals surface area (Å²) in [6.45, 7) is 0. The maximum absolute atomic E-state index is 12.3. The first-order valence-corrected chi connectivity index (χ1v) is 20.0. The molecule has 0 heterocycles. The highest BCUT2D eigenvalue weighted by atomic mass is 16.3. The summed E-state index contributed by atoms with van der Waals surface area (Å²) in [4.78, 5) is 0. The van der Waals surface area contributed by atoms with Crippen LogP contribution >= 0.6 is 0 Å². The first kappa shape index (κ1) is 29.3. The van der Waals surface area contributed by atoms with E-state index in [1.165, 1.54) is 141 Å². The SMILES string of the molecule is OC1(CCCCCCC2(O)CCCC3CC[C@H]4[C@@H]5CCC[C@H]5CC[C@H]4[C@H]32)CCCC2CC[C@H]3[C@@H]4CCC[C@H]4CC[C@H]3[C@H]21. The zero-order valence-electron chi connectivity index (χ0n) is 27.2. The Bertz CT molecular complexity index is 857. The van der Waals surface area contributed by atoms with Crippen LogP contribution in [0.2, 0.25) is 0 Å². The Balaban J connectivity index is 0.856. The molecular formula is C40H66O2. The van der Waals surface area contributed by atoms with Crippen molar-refractivity contribution in [3.8, 4) is 0 Å². The van der Waals surface area contributed by atoms with E-state index in [1.54, 1.807) is 0 Å². The molecule has 0 aliphatic heterocycles. The predicted molar refractivity (Wildman–Crippen MR) is 172 cm³/mol. The van der Waals surface area contributed by atoms with Crippen LogP contribution in [0.5, 0.6) is 0 Å². The van der Waals surface area contributed by atoms with Gasteiger partial charge >= 0.3 is 0 Å². The van der Waals surface area contributed by atoms with Crippen LogP contribution in [0.25, 0.3) is 0 Å². The highest BCUT2D eigenvalue weighted by Gasteiger charge is 2.57. The average Bonchev–Trinajstić information content (AvgIpc) is 3.69.